The van der Waals surface area contributed by atoms with Gasteiger partial charge in [0, 0.05) is 36.3 Å². The molecule has 8 bridgehead atoms. The molecule has 6 aliphatic rings. The smallest absolute Gasteiger partial charge is 0.393 e. The summed E-state index contributed by atoms with van der Waals surface area (Å²) in [5.74, 6) is 0. The summed E-state index contributed by atoms with van der Waals surface area (Å²) in [6.45, 7) is 17.2. The maximum atomic E-state index is 7.59. The lowest BCUT2D eigenvalue weighted by atomic mass is 10.6. The number of rotatable bonds is 16. The van der Waals surface area contributed by atoms with E-state index in [1.54, 1.807) is 0 Å². The van der Waals surface area contributed by atoms with Gasteiger partial charge in [0.25, 0.3) is 0 Å². The second-order valence-electron chi connectivity index (χ2n) is 13.5. The van der Waals surface area contributed by atoms with Gasteiger partial charge in [0.15, 0.2) is 0 Å². The molecule has 4 unspecified atom stereocenters. The van der Waals surface area contributed by atoms with Crippen molar-refractivity contribution in [1.82, 2.24) is 0 Å². The molecule has 0 N–H and O–H groups in total. The lowest BCUT2D eigenvalue weighted by Gasteiger charge is -2.54. The van der Waals surface area contributed by atoms with Gasteiger partial charge >= 0.3 is 69.9 Å². The van der Waals surface area contributed by atoms with Crippen LogP contribution in [-0.4, -0.2) is 82.4 Å². The molecule has 4 atom stereocenters. The van der Waals surface area contributed by atoms with Crippen LogP contribution >= 0.6 is 0 Å². The lowest BCUT2D eigenvalue weighted by Crippen LogP contribution is -2.78. The Kier molecular flexibility index (Phi) is 12.6. The van der Waals surface area contributed by atoms with E-state index in [2.05, 4.69) is 55.4 Å². The molecule has 0 amide bonds. The summed E-state index contributed by atoms with van der Waals surface area (Å²) < 4.78 is 89.9. The number of fused-ring (bicyclic) bond motifs is 2. The average Bonchev–Trinajstić information content (AvgIpc) is 3.06. The monoisotopic (exact) mass is 788 g/mol. The molecule has 6 rings (SSSR count). The number of hydrogen-bond donors (Lipinski definition) is 0. The van der Waals surface area contributed by atoms with Crippen LogP contribution in [0.2, 0.25) is 48.4 Å². The SMILES string of the molecule is CCC[Si]12CO[Si]3(CCC)O[Si]4(CCC)O[Si]5(CCC)CO[Si](CCC)(O[Si](CCC)(O1)O4)O[Si](CCC)(O2)O[Si](CCC)(O5)O3. The molecule has 12 nitrogen and oxygen atoms in total. The highest BCUT2D eigenvalue weighted by Gasteiger charge is 2.78. The van der Waals surface area contributed by atoms with Gasteiger partial charge in [-0.2, -0.15) is 0 Å². The highest BCUT2D eigenvalue weighted by molar-refractivity contribution is 7.00. The highest BCUT2D eigenvalue weighted by atomic mass is 28.6. The lowest BCUT2D eigenvalue weighted by molar-refractivity contribution is 0.0550. The van der Waals surface area contributed by atoms with Gasteiger partial charge < -0.3 is 50.0 Å². The summed E-state index contributed by atoms with van der Waals surface area (Å²) in [4.78, 5) is 0. The summed E-state index contributed by atoms with van der Waals surface area (Å²) >= 11 is 0. The molecule has 6 fully saturated rings. The Morgan fingerprint density at radius 1 is 0.283 bits per heavy atom. The van der Waals surface area contributed by atoms with Gasteiger partial charge in [-0.05, 0) is 12.1 Å². The summed E-state index contributed by atoms with van der Waals surface area (Å²) in [5, 5.41) is 0. The van der Waals surface area contributed by atoms with Crippen LogP contribution in [0.25, 0.3) is 0 Å². The normalized spacial score (nSPS) is 45.4. The Labute approximate surface area is 286 Å². The van der Waals surface area contributed by atoms with E-state index < -0.39 is 69.9 Å². The maximum Gasteiger partial charge on any atom is 0.486 e. The third-order valence-electron chi connectivity index (χ3n) is 8.85. The van der Waals surface area contributed by atoms with Gasteiger partial charge in [0.2, 0.25) is 0 Å². The second kappa shape index (κ2) is 15.1. The van der Waals surface area contributed by atoms with Crippen molar-refractivity contribution in [3.05, 3.63) is 0 Å². The summed E-state index contributed by atoms with van der Waals surface area (Å²) in [5.41, 5.74) is 0. The standard InChI is InChI=1S/C26H60O12Si8/c1-9-17-39-25-27-41(19-11-3)35-45(23-15-7)31-40(18-10-2)26-28-42(20-12-4,33-43(29-39,37-45)21-13-5)34-44(30-39,22-14-6)38-46(32-40,36-41)24-16-8/h9-26H2,1-8H3. The largest absolute Gasteiger partial charge is 0.486 e. The fourth-order valence-corrected chi connectivity index (χ4v) is 55.9. The van der Waals surface area contributed by atoms with Crippen molar-refractivity contribution in [3.8, 4) is 0 Å². The van der Waals surface area contributed by atoms with Crippen molar-refractivity contribution >= 4 is 69.9 Å². The van der Waals surface area contributed by atoms with Gasteiger partial charge in [-0.25, -0.2) is 0 Å². The first-order valence-electron chi connectivity index (χ1n) is 18.3. The minimum atomic E-state index is -3.66. The third kappa shape index (κ3) is 7.70. The molecule has 0 aliphatic carbocycles. The second-order valence-corrected chi connectivity index (χ2v) is 38.7. The molecule has 0 radical (unpaired) electrons. The van der Waals surface area contributed by atoms with Crippen molar-refractivity contribution in [2.75, 3.05) is 12.5 Å². The Morgan fingerprint density at radius 2 is 0.500 bits per heavy atom. The molecule has 0 spiro atoms. The first-order chi connectivity index (χ1) is 22.0. The topological polar surface area (TPSA) is 111 Å². The Bertz CT molecular complexity index is 851. The summed E-state index contributed by atoms with van der Waals surface area (Å²) in [6.07, 6.45) is 6.95. The molecule has 20 heteroatoms. The van der Waals surface area contributed by atoms with Gasteiger partial charge in [-0.1, -0.05) is 107 Å². The minimum Gasteiger partial charge on any atom is -0.393 e. The van der Waals surface area contributed by atoms with Crippen LogP contribution < -0.4 is 0 Å². The molecule has 268 valence electrons. The predicted octanol–water partition coefficient (Wildman–Crippen LogP) is 7.13. The zero-order valence-corrected chi connectivity index (χ0v) is 37.6. The molecular formula is C26H60O12Si8. The Balaban J connectivity index is 1.92. The van der Waals surface area contributed by atoms with E-state index >= 15 is 0 Å². The molecule has 6 saturated heterocycles. The fourth-order valence-electron chi connectivity index (χ4n) is 7.47. The Hall–Kier alpha value is 1.26. The number of hydrogen-bond acceptors (Lipinski definition) is 12. The zero-order chi connectivity index (χ0) is 33.2. The van der Waals surface area contributed by atoms with Crippen LogP contribution in [0.5, 0.6) is 0 Å². The molecule has 46 heavy (non-hydrogen) atoms. The first-order valence-corrected chi connectivity index (χ1v) is 34.3. The van der Waals surface area contributed by atoms with Crippen LogP contribution in [0.1, 0.15) is 107 Å². The molecule has 6 heterocycles. The zero-order valence-electron chi connectivity index (χ0n) is 29.6. The highest BCUT2D eigenvalue weighted by Crippen LogP contribution is 2.51. The van der Waals surface area contributed by atoms with E-state index in [1.165, 1.54) is 0 Å². The van der Waals surface area contributed by atoms with Gasteiger partial charge in [0.05, 0.1) is 12.5 Å². The van der Waals surface area contributed by atoms with Crippen LogP contribution in [0.3, 0.4) is 0 Å². The predicted molar refractivity (Wildman–Crippen MR) is 190 cm³/mol. The molecular weight excluding hydrogens is 729 g/mol. The molecule has 0 aromatic rings. The van der Waals surface area contributed by atoms with E-state index in [4.69, 9.17) is 50.0 Å². The van der Waals surface area contributed by atoms with Gasteiger partial charge in [-0.15, -0.1) is 0 Å². The van der Waals surface area contributed by atoms with Crippen molar-refractivity contribution in [1.29, 1.82) is 0 Å². The van der Waals surface area contributed by atoms with Crippen molar-refractivity contribution in [2.24, 2.45) is 0 Å². The van der Waals surface area contributed by atoms with Crippen LogP contribution in [-0.2, 0) is 50.0 Å². The van der Waals surface area contributed by atoms with Crippen molar-refractivity contribution in [3.63, 3.8) is 0 Å². The first kappa shape index (κ1) is 38.5. The molecule has 0 aromatic carbocycles. The van der Waals surface area contributed by atoms with Gasteiger partial charge in [0.1, 0.15) is 0 Å². The minimum absolute atomic E-state index is 0.247. The van der Waals surface area contributed by atoms with Crippen LogP contribution in [0.4, 0.5) is 0 Å². The van der Waals surface area contributed by atoms with Crippen LogP contribution in [0, 0.1) is 0 Å². The molecule has 0 aromatic heterocycles. The third-order valence-corrected chi connectivity index (χ3v) is 46.8. The van der Waals surface area contributed by atoms with Crippen molar-refractivity contribution < 1.29 is 50.0 Å². The van der Waals surface area contributed by atoms with E-state index in [9.17, 15) is 0 Å². The summed E-state index contributed by atoms with van der Waals surface area (Å²) in [6, 6.07) is 4.88. The summed E-state index contributed by atoms with van der Waals surface area (Å²) in [7, 11) is -28.4. The molecule has 0 saturated carbocycles. The maximum absolute atomic E-state index is 7.59. The van der Waals surface area contributed by atoms with E-state index in [1.807, 2.05) is 0 Å². The van der Waals surface area contributed by atoms with E-state index in [0.29, 0.717) is 48.4 Å². The van der Waals surface area contributed by atoms with Crippen molar-refractivity contribution in [2.45, 2.75) is 155 Å². The van der Waals surface area contributed by atoms with E-state index in [0.717, 1.165) is 51.4 Å². The van der Waals surface area contributed by atoms with E-state index in [-0.39, 0.29) is 12.5 Å². The van der Waals surface area contributed by atoms with Crippen LogP contribution in [0.15, 0.2) is 0 Å². The van der Waals surface area contributed by atoms with Gasteiger partial charge in [-0.3, -0.25) is 0 Å². The fraction of sp³-hybridized carbons (Fsp3) is 1.00. The Morgan fingerprint density at radius 3 is 0.739 bits per heavy atom. The average molecular weight is 789 g/mol. The molecule has 6 aliphatic heterocycles. The quantitative estimate of drug-likeness (QED) is 0.149.